The van der Waals surface area contributed by atoms with E-state index >= 15 is 0 Å². The second-order valence-corrected chi connectivity index (χ2v) is 6.09. The van der Waals surface area contributed by atoms with Gasteiger partial charge in [-0.1, -0.05) is 12.1 Å². The zero-order valence-electron chi connectivity index (χ0n) is 14.2. The van der Waals surface area contributed by atoms with Gasteiger partial charge in [-0.05, 0) is 35.4 Å². The van der Waals surface area contributed by atoms with E-state index in [2.05, 4.69) is 22.0 Å². The molecule has 1 aliphatic heterocycles. The molecule has 1 saturated heterocycles. The Kier molecular flexibility index (Phi) is 5.11. The zero-order valence-corrected chi connectivity index (χ0v) is 14.2. The summed E-state index contributed by atoms with van der Waals surface area (Å²) in [7, 11) is 1.66. The lowest BCUT2D eigenvalue weighted by Crippen LogP contribution is -2.49. The van der Waals surface area contributed by atoms with Crippen molar-refractivity contribution in [1.29, 1.82) is 0 Å². The maximum absolute atomic E-state index is 12.0. The molecule has 1 aromatic heterocycles. The fourth-order valence-electron chi connectivity index (χ4n) is 3.22. The lowest BCUT2D eigenvalue weighted by atomic mass is 10.0. The summed E-state index contributed by atoms with van der Waals surface area (Å²) in [5, 5.41) is 0. The van der Waals surface area contributed by atoms with Crippen LogP contribution in [-0.4, -0.2) is 47.4 Å². The van der Waals surface area contributed by atoms with Gasteiger partial charge in [0.05, 0.1) is 13.2 Å². The van der Waals surface area contributed by atoms with Gasteiger partial charge in [-0.15, -0.1) is 0 Å². The summed E-state index contributed by atoms with van der Waals surface area (Å²) in [5.74, 6) is 0.956. The molecule has 1 unspecified atom stereocenters. The van der Waals surface area contributed by atoms with Crippen LogP contribution in [0.5, 0.6) is 5.75 Å². The Morgan fingerprint density at radius 3 is 2.50 bits per heavy atom. The van der Waals surface area contributed by atoms with Crippen molar-refractivity contribution in [1.82, 2.24) is 14.8 Å². The van der Waals surface area contributed by atoms with Crippen molar-refractivity contribution in [3.8, 4) is 5.75 Å². The normalized spacial score (nSPS) is 18.4. The molecule has 1 amide bonds. The van der Waals surface area contributed by atoms with E-state index in [4.69, 9.17) is 4.74 Å². The van der Waals surface area contributed by atoms with Crippen LogP contribution in [0, 0.1) is 0 Å². The number of carbonyl (C=O) groups excluding carboxylic acids is 1. The molecule has 0 radical (unpaired) electrons. The highest BCUT2D eigenvalue weighted by Crippen LogP contribution is 2.27. The Bertz CT molecular complexity index is 673. The van der Waals surface area contributed by atoms with E-state index in [1.165, 1.54) is 5.56 Å². The third-order valence-corrected chi connectivity index (χ3v) is 4.53. The zero-order chi connectivity index (χ0) is 16.9. The molecule has 2 aromatic rings. The molecular weight excluding hydrogens is 302 g/mol. The van der Waals surface area contributed by atoms with Gasteiger partial charge in [0.15, 0.2) is 0 Å². The highest BCUT2D eigenvalue weighted by atomic mass is 16.5. The van der Waals surface area contributed by atoms with Crippen LogP contribution in [0.3, 0.4) is 0 Å². The fraction of sp³-hybridized carbons (Fsp3) is 0.368. The van der Waals surface area contributed by atoms with Gasteiger partial charge in [-0.2, -0.15) is 0 Å². The Balaban J connectivity index is 1.77. The number of hydrogen-bond donors (Lipinski definition) is 0. The van der Waals surface area contributed by atoms with E-state index in [1.807, 2.05) is 41.6 Å². The summed E-state index contributed by atoms with van der Waals surface area (Å²) in [4.78, 5) is 20.5. The minimum Gasteiger partial charge on any atom is -0.497 e. The highest BCUT2D eigenvalue weighted by molar-refractivity contribution is 5.74. The molecule has 126 valence electrons. The molecule has 1 aliphatic rings. The van der Waals surface area contributed by atoms with E-state index in [0.717, 1.165) is 37.5 Å². The van der Waals surface area contributed by atoms with Crippen molar-refractivity contribution in [2.45, 2.75) is 19.5 Å². The number of carbonyl (C=O) groups is 1. The van der Waals surface area contributed by atoms with Gasteiger partial charge in [-0.3, -0.25) is 14.7 Å². The van der Waals surface area contributed by atoms with Gasteiger partial charge in [-0.25, -0.2) is 0 Å². The molecule has 1 aromatic carbocycles. The number of piperazine rings is 1. The highest BCUT2D eigenvalue weighted by Gasteiger charge is 2.29. The van der Waals surface area contributed by atoms with Gasteiger partial charge in [0.2, 0.25) is 5.91 Å². The lowest BCUT2D eigenvalue weighted by molar-refractivity contribution is -0.134. The number of pyridine rings is 1. The minimum atomic E-state index is 0.0731. The first-order valence-electron chi connectivity index (χ1n) is 8.20. The number of rotatable bonds is 4. The smallest absolute Gasteiger partial charge is 0.220 e. The molecule has 0 spiro atoms. The Morgan fingerprint density at radius 1 is 1.17 bits per heavy atom. The number of amides is 1. The molecule has 24 heavy (non-hydrogen) atoms. The molecule has 0 N–H and O–H groups in total. The maximum atomic E-state index is 12.0. The first-order valence-corrected chi connectivity index (χ1v) is 8.20. The van der Waals surface area contributed by atoms with Crippen LogP contribution in [0.25, 0.3) is 0 Å². The third-order valence-electron chi connectivity index (χ3n) is 4.53. The van der Waals surface area contributed by atoms with Crippen LogP contribution in [0.4, 0.5) is 0 Å². The molecule has 5 heteroatoms. The SMILES string of the molecule is COc1ccc(C2CN(Cc3ccncc3)CCN2C(C)=O)cc1. The van der Waals surface area contributed by atoms with E-state index < -0.39 is 0 Å². The van der Waals surface area contributed by atoms with Crippen LogP contribution >= 0.6 is 0 Å². The topological polar surface area (TPSA) is 45.7 Å². The fourth-order valence-corrected chi connectivity index (χ4v) is 3.22. The number of ether oxygens (including phenoxy) is 1. The average molecular weight is 325 g/mol. The van der Waals surface area contributed by atoms with Crippen LogP contribution in [0.15, 0.2) is 48.8 Å². The summed E-state index contributed by atoms with van der Waals surface area (Å²) >= 11 is 0. The molecule has 5 nitrogen and oxygen atoms in total. The predicted molar refractivity (Wildman–Crippen MR) is 92.6 cm³/mol. The van der Waals surface area contributed by atoms with Gasteiger partial charge < -0.3 is 9.64 Å². The van der Waals surface area contributed by atoms with Crippen molar-refractivity contribution in [2.75, 3.05) is 26.7 Å². The number of benzene rings is 1. The Hall–Kier alpha value is -2.40. The third kappa shape index (κ3) is 3.74. The van der Waals surface area contributed by atoms with Crippen molar-refractivity contribution < 1.29 is 9.53 Å². The lowest BCUT2D eigenvalue weighted by Gasteiger charge is -2.41. The quantitative estimate of drug-likeness (QED) is 0.866. The number of hydrogen-bond acceptors (Lipinski definition) is 4. The molecule has 3 rings (SSSR count). The van der Waals surface area contributed by atoms with Crippen molar-refractivity contribution in [3.05, 3.63) is 59.9 Å². The molecule has 0 aliphatic carbocycles. The summed E-state index contributed by atoms with van der Waals surface area (Å²) in [6.07, 6.45) is 3.64. The van der Waals surface area contributed by atoms with E-state index in [-0.39, 0.29) is 11.9 Å². The first kappa shape index (κ1) is 16.5. The largest absolute Gasteiger partial charge is 0.497 e. The van der Waals surface area contributed by atoms with E-state index in [9.17, 15) is 4.79 Å². The van der Waals surface area contributed by atoms with Crippen LogP contribution in [0.2, 0.25) is 0 Å². The number of nitrogens with zero attached hydrogens (tertiary/aromatic N) is 3. The molecular formula is C19H23N3O2. The van der Waals surface area contributed by atoms with Crippen LogP contribution in [0.1, 0.15) is 24.1 Å². The minimum absolute atomic E-state index is 0.0731. The van der Waals surface area contributed by atoms with E-state index in [0.29, 0.717) is 0 Å². The predicted octanol–water partition coefficient (Wildman–Crippen LogP) is 2.50. The second-order valence-electron chi connectivity index (χ2n) is 6.09. The monoisotopic (exact) mass is 325 g/mol. The standard InChI is InChI=1S/C19H23N3O2/c1-15(23)22-12-11-21(13-16-7-9-20-10-8-16)14-19(22)17-3-5-18(24-2)6-4-17/h3-10,19H,11-14H2,1-2H3. The molecule has 2 heterocycles. The molecule has 1 fully saturated rings. The van der Waals surface area contributed by atoms with Crippen LogP contribution < -0.4 is 4.74 Å². The second kappa shape index (κ2) is 7.45. The van der Waals surface area contributed by atoms with Gasteiger partial charge >= 0.3 is 0 Å². The van der Waals surface area contributed by atoms with Crippen molar-refractivity contribution in [3.63, 3.8) is 0 Å². The van der Waals surface area contributed by atoms with E-state index in [1.54, 1.807) is 14.0 Å². The van der Waals surface area contributed by atoms with Crippen molar-refractivity contribution in [2.24, 2.45) is 0 Å². The van der Waals surface area contributed by atoms with Crippen molar-refractivity contribution >= 4 is 5.91 Å². The Morgan fingerprint density at radius 2 is 1.88 bits per heavy atom. The van der Waals surface area contributed by atoms with Gasteiger partial charge in [0.1, 0.15) is 5.75 Å². The van der Waals surface area contributed by atoms with Gasteiger partial charge in [0, 0.05) is 45.5 Å². The first-order chi connectivity index (χ1) is 11.7. The summed E-state index contributed by atoms with van der Waals surface area (Å²) in [5.41, 5.74) is 2.39. The molecule has 1 atom stereocenters. The number of aromatic nitrogens is 1. The summed E-state index contributed by atoms with van der Waals surface area (Å²) in [6, 6.07) is 12.2. The molecule has 0 bridgehead atoms. The molecule has 0 saturated carbocycles. The van der Waals surface area contributed by atoms with Crippen LogP contribution in [-0.2, 0) is 11.3 Å². The maximum Gasteiger partial charge on any atom is 0.220 e. The summed E-state index contributed by atoms with van der Waals surface area (Å²) < 4.78 is 5.23. The average Bonchev–Trinajstić information content (AvgIpc) is 2.62. The van der Waals surface area contributed by atoms with Gasteiger partial charge in [0.25, 0.3) is 0 Å². The summed E-state index contributed by atoms with van der Waals surface area (Å²) in [6.45, 7) is 4.98. The number of methoxy groups -OCH3 is 1. The Labute approximate surface area is 142 Å².